The molecule has 0 bridgehead atoms. The minimum Gasteiger partial charge on any atom is -0.372 e. The van der Waals surface area contributed by atoms with Crippen LogP contribution in [0.3, 0.4) is 0 Å². The molecule has 2 aromatic heterocycles. The van der Waals surface area contributed by atoms with Crippen molar-refractivity contribution in [2.75, 3.05) is 13.2 Å². The number of hydrogen-bond donors (Lipinski definition) is 1. The van der Waals surface area contributed by atoms with Crippen molar-refractivity contribution in [2.45, 2.75) is 39.5 Å². The normalized spacial score (nSPS) is 22.0. The zero-order valence-electron chi connectivity index (χ0n) is 12.6. The van der Waals surface area contributed by atoms with Crippen LogP contribution in [0.4, 0.5) is 0 Å². The van der Waals surface area contributed by atoms with Crippen molar-refractivity contribution in [2.24, 2.45) is 5.92 Å². The first kappa shape index (κ1) is 14.7. The molecule has 5 nitrogen and oxygen atoms in total. The van der Waals surface area contributed by atoms with Crippen LogP contribution in [0.2, 0.25) is 0 Å². The Morgan fingerprint density at radius 2 is 2.43 bits per heavy atom. The van der Waals surface area contributed by atoms with Gasteiger partial charge >= 0.3 is 0 Å². The number of nitrogens with one attached hydrogen (secondary N) is 1. The second-order valence-electron chi connectivity index (χ2n) is 5.43. The summed E-state index contributed by atoms with van der Waals surface area (Å²) in [7, 11) is 0. The lowest BCUT2D eigenvalue weighted by molar-refractivity contribution is 0.0830. The molecule has 1 saturated heterocycles. The summed E-state index contributed by atoms with van der Waals surface area (Å²) >= 11 is 1.72. The van der Waals surface area contributed by atoms with Gasteiger partial charge in [-0.05, 0) is 26.3 Å². The molecule has 2 atom stereocenters. The molecule has 21 heavy (non-hydrogen) atoms. The second-order valence-corrected chi connectivity index (χ2v) is 6.37. The Bertz CT molecular complexity index is 580. The summed E-state index contributed by atoms with van der Waals surface area (Å²) in [5.41, 5.74) is 2.30. The van der Waals surface area contributed by atoms with E-state index in [4.69, 9.17) is 4.74 Å². The predicted octanol–water partition coefficient (Wildman–Crippen LogP) is 2.54. The number of hydrogen-bond acceptors (Lipinski definition) is 5. The molecule has 0 radical (unpaired) electrons. The van der Waals surface area contributed by atoms with E-state index in [1.807, 2.05) is 17.8 Å². The van der Waals surface area contributed by atoms with Crippen LogP contribution in [-0.4, -0.2) is 27.9 Å². The molecule has 1 aliphatic rings. The number of nitrogens with zero attached hydrogens (tertiary/aromatic N) is 3. The van der Waals surface area contributed by atoms with Gasteiger partial charge in [0.1, 0.15) is 11.1 Å². The Hall–Kier alpha value is -1.24. The number of aromatic nitrogens is 3. The van der Waals surface area contributed by atoms with Gasteiger partial charge in [0.05, 0.1) is 5.69 Å². The summed E-state index contributed by atoms with van der Waals surface area (Å²) in [4.78, 5) is 4.48. The summed E-state index contributed by atoms with van der Waals surface area (Å²) < 4.78 is 7.98. The minimum absolute atomic E-state index is 0.165. The molecule has 3 heterocycles. The van der Waals surface area contributed by atoms with Gasteiger partial charge in [-0.3, -0.25) is 4.68 Å². The zero-order valence-corrected chi connectivity index (χ0v) is 13.4. The third kappa shape index (κ3) is 3.33. The van der Waals surface area contributed by atoms with Gasteiger partial charge in [-0.1, -0.05) is 0 Å². The van der Waals surface area contributed by atoms with E-state index in [0.29, 0.717) is 5.92 Å². The van der Waals surface area contributed by atoms with Gasteiger partial charge in [0, 0.05) is 49.4 Å². The van der Waals surface area contributed by atoms with Crippen LogP contribution in [0.5, 0.6) is 0 Å². The van der Waals surface area contributed by atoms with Crippen LogP contribution in [0.1, 0.15) is 35.8 Å². The molecule has 1 N–H and O–H groups in total. The highest BCUT2D eigenvalue weighted by Gasteiger charge is 2.31. The molecule has 0 unspecified atom stereocenters. The summed E-state index contributed by atoms with van der Waals surface area (Å²) in [5, 5.41) is 11.1. The van der Waals surface area contributed by atoms with Gasteiger partial charge in [-0.25, -0.2) is 4.98 Å². The summed E-state index contributed by atoms with van der Waals surface area (Å²) in [5.74, 6) is 0.507. The van der Waals surface area contributed by atoms with Crippen molar-refractivity contribution < 1.29 is 4.74 Å². The highest BCUT2D eigenvalue weighted by atomic mass is 32.1. The first-order valence-corrected chi connectivity index (χ1v) is 8.41. The molecule has 114 valence electrons. The average molecular weight is 306 g/mol. The van der Waals surface area contributed by atoms with E-state index >= 15 is 0 Å². The molecule has 0 aliphatic carbocycles. The molecule has 6 heteroatoms. The maximum Gasteiger partial charge on any atom is 0.107 e. The topological polar surface area (TPSA) is 52.0 Å². The Morgan fingerprint density at radius 3 is 3.19 bits per heavy atom. The Kier molecular flexibility index (Phi) is 4.67. The SMILES string of the molecule is CCn1nccc1[C@@H]1OCC[C@H]1CNCc1nc(C)cs1. The van der Waals surface area contributed by atoms with Gasteiger partial charge in [0.2, 0.25) is 0 Å². The van der Waals surface area contributed by atoms with Crippen molar-refractivity contribution in [3.05, 3.63) is 34.0 Å². The quantitative estimate of drug-likeness (QED) is 0.891. The van der Waals surface area contributed by atoms with Crippen LogP contribution in [-0.2, 0) is 17.8 Å². The molecule has 0 saturated carbocycles. The molecule has 0 spiro atoms. The number of aryl methyl sites for hydroxylation is 2. The molecular formula is C15H22N4OS. The fourth-order valence-electron chi connectivity index (χ4n) is 2.87. The highest BCUT2D eigenvalue weighted by Crippen LogP contribution is 2.34. The third-order valence-electron chi connectivity index (χ3n) is 3.90. The number of ether oxygens (including phenoxy) is 1. The van der Waals surface area contributed by atoms with Gasteiger partial charge in [0.15, 0.2) is 0 Å². The minimum atomic E-state index is 0.165. The van der Waals surface area contributed by atoms with E-state index < -0.39 is 0 Å². The lowest BCUT2D eigenvalue weighted by Crippen LogP contribution is -2.25. The maximum absolute atomic E-state index is 5.95. The predicted molar refractivity (Wildman–Crippen MR) is 83.3 cm³/mol. The summed E-state index contributed by atoms with van der Waals surface area (Å²) in [6, 6.07) is 2.08. The van der Waals surface area contributed by atoms with Crippen LogP contribution in [0, 0.1) is 12.8 Å². The van der Waals surface area contributed by atoms with E-state index in [9.17, 15) is 0 Å². The molecule has 1 fully saturated rings. The molecule has 1 aliphatic heterocycles. The smallest absolute Gasteiger partial charge is 0.107 e. The van der Waals surface area contributed by atoms with Gasteiger partial charge in [-0.15, -0.1) is 11.3 Å². The van der Waals surface area contributed by atoms with Crippen molar-refractivity contribution >= 4 is 11.3 Å². The first-order chi connectivity index (χ1) is 10.3. The molecular weight excluding hydrogens is 284 g/mol. The van der Waals surface area contributed by atoms with E-state index in [1.165, 1.54) is 5.69 Å². The van der Waals surface area contributed by atoms with Gasteiger partial charge in [-0.2, -0.15) is 5.10 Å². The van der Waals surface area contributed by atoms with Crippen molar-refractivity contribution in [3.8, 4) is 0 Å². The van der Waals surface area contributed by atoms with E-state index in [2.05, 4.69) is 33.8 Å². The summed E-state index contributed by atoms with van der Waals surface area (Å²) in [6.07, 6.45) is 3.13. The molecule has 0 aromatic carbocycles. The lowest BCUT2D eigenvalue weighted by Gasteiger charge is -2.19. The monoisotopic (exact) mass is 306 g/mol. The Balaban J connectivity index is 1.57. The lowest BCUT2D eigenvalue weighted by atomic mass is 9.99. The Morgan fingerprint density at radius 1 is 1.52 bits per heavy atom. The van der Waals surface area contributed by atoms with E-state index in [1.54, 1.807) is 11.3 Å². The third-order valence-corrected chi connectivity index (χ3v) is 4.87. The average Bonchev–Trinajstić information content (AvgIpc) is 3.18. The van der Waals surface area contributed by atoms with Crippen LogP contribution < -0.4 is 5.32 Å². The van der Waals surface area contributed by atoms with Crippen molar-refractivity contribution in [1.29, 1.82) is 0 Å². The van der Waals surface area contributed by atoms with Gasteiger partial charge < -0.3 is 10.1 Å². The number of thiazole rings is 1. The maximum atomic E-state index is 5.95. The van der Waals surface area contributed by atoms with Crippen LogP contribution in [0.15, 0.2) is 17.6 Å². The first-order valence-electron chi connectivity index (χ1n) is 7.53. The highest BCUT2D eigenvalue weighted by molar-refractivity contribution is 7.09. The standard InChI is InChI=1S/C15H22N4OS/c1-3-19-13(4-6-17-19)15-12(5-7-20-15)8-16-9-14-18-11(2)10-21-14/h4,6,10,12,15-16H,3,5,7-9H2,1-2H3/t12-,15+/m0/s1. The largest absolute Gasteiger partial charge is 0.372 e. The van der Waals surface area contributed by atoms with Crippen LogP contribution >= 0.6 is 11.3 Å². The number of rotatable bonds is 6. The molecule has 3 rings (SSSR count). The van der Waals surface area contributed by atoms with Crippen molar-refractivity contribution in [1.82, 2.24) is 20.1 Å². The second kappa shape index (κ2) is 6.68. The molecule has 0 amide bonds. The fourth-order valence-corrected chi connectivity index (χ4v) is 3.61. The Labute approximate surface area is 129 Å². The van der Waals surface area contributed by atoms with Crippen molar-refractivity contribution in [3.63, 3.8) is 0 Å². The van der Waals surface area contributed by atoms with E-state index in [0.717, 1.165) is 43.4 Å². The fraction of sp³-hybridized carbons (Fsp3) is 0.600. The van der Waals surface area contributed by atoms with Crippen LogP contribution in [0.25, 0.3) is 0 Å². The van der Waals surface area contributed by atoms with E-state index in [-0.39, 0.29) is 6.10 Å². The summed E-state index contributed by atoms with van der Waals surface area (Å²) in [6.45, 7) is 7.67. The molecule has 2 aromatic rings. The zero-order chi connectivity index (χ0) is 14.7. The van der Waals surface area contributed by atoms with Gasteiger partial charge in [0.25, 0.3) is 0 Å².